The highest BCUT2D eigenvalue weighted by Crippen LogP contribution is 2.28. The van der Waals surface area contributed by atoms with Gasteiger partial charge in [0.2, 0.25) is 10.0 Å². The lowest BCUT2D eigenvalue weighted by Crippen LogP contribution is -2.32. The minimum absolute atomic E-state index is 0.125. The molecule has 0 aliphatic carbocycles. The Kier molecular flexibility index (Phi) is 6.95. The lowest BCUT2D eigenvalue weighted by atomic mass is 9.87. The molecule has 156 valence electrons. The van der Waals surface area contributed by atoms with E-state index in [2.05, 4.69) is 17.8 Å². The van der Waals surface area contributed by atoms with Crippen LogP contribution in [0.5, 0.6) is 0 Å². The molecule has 0 bridgehead atoms. The van der Waals surface area contributed by atoms with Gasteiger partial charge in [-0.2, -0.15) is 4.31 Å². The number of rotatable bonds is 6. The first-order valence-corrected chi connectivity index (χ1v) is 11.2. The smallest absolute Gasteiger partial charge is 0.244 e. The van der Waals surface area contributed by atoms with E-state index in [1.54, 1.807) is 48.5 Å². The van der Waals surface area contributed by atoms with Gasteiger partial charge in [-0.05, 0) is 19.1 Å². The van der Waals surface area contributed by atoms with Gasteiger partial charge in [-0.25, -0.2) is 8.42 Å². The van der Waals surface area contributed by atoms with E-state index in [9.17, 15) is 13.5 Å². The summed E-state index contributed by atoms with van der Waals surface area (Å²) in [4.78, 5) is 0.150. The minimum atomic E-state index is -3.82. The molecule has 0 spiro atoms. The van der Waals surface area contributed by atoms with Gasteiger partial charge in [0.1, 0.15) is 0 Å². The van der Waals surface area contributed by atoms with Crippen molar-refractivity contribution >= 4 is 10.0 Å². The van der Waals surface area contributed by atoms with Gasteiger partial charge in [-0.15, -0.1) is 6.42 Å². The van der Waals surface area contributed by atoms with Crippen molar-refractivity contribution in [2.75, 3.05) is 13.1 Å². The van der Waals surface area contributed by atoms with E-state index in [1.807, 2.05) is 43.3 Å². The molecule has 0 fully saturated rings. The molecule has 0 aromatic heterocycles. The first-order chi connectivity index (χ1) is 14.9. The summed E-state index contributed by atoms with van der Waals surface area (Å²) in [6.45, 7) is 1.61. The normalized spacial score (nSPS) is 11.4. The van der Waals surface area contributed by atoms with E-state index in [4.69, 9.17) is 6.42 Å². The Bertz CT molecular complexity index is 1180. The second-order valence-electron chi connectivity index (χ2n) is 7.03. The zero-order valence-corrected chi connectivity index (χ0v) is 18.0. The van der Waals surface area contributed by atoms with Gasteiger partial charge in [0, 0.05) is 11.1 Å². The highest BCUT2D eigenvalue weighted by Gasteiger charge is 2.29. The molecule has 0 unspecified atom stereocenters. The Morgan fingerprint density at radius 3 is 1.87 bits per heavy atom. The molecule has 0 radical (unpaired) electrons. The van der Waals surface area contributed by atoms with Gasteiger partial charge in [0.05, 0.1) is 18.0 Å². The fourth-order valence-electron chi connectivity index (χ4n) is 3.11. The Balaban J connectivity index is 1.96. The van der Waals surface area contributed by atoms with Crippen molar-refractivity contribution in [1.82, 2.24) is 4.31 Å². The Morgan fingerprint density at radius 1 is 0.871 bits per heavy atom. The summed E-state index contributed by atoms with van der Waals surface area (Å²) in [5.41, 5.74) is 0.563. The number of sulfonamides is 1. The summed E-state index contributed by atoms with van der Waals surface area (Å²) in [7, 11) is -3.82. The van der Waals surface area contributed by atoms with Crippen LogP contribution < -0.4 is 0 Å². The van der Waals surface area contributed by atoms with Crippen molar-refractivity contribution in [3.8, 4) is 24.2 Å². The Morgan fingerprint density at radius 2 is 1.39 bits per heavy atom. The summed E-state index contributed by atoms with van der Waals surface area (Å²) in [6, 6.07) is 24.7. The van der Waals surface area contributed by atoms with Crippen molar-refractivity contribution < 1.29 is 13.5 Å². The van der Waals surface area contributed by atoms with Gasteiger partial charge in [0.15, 0.2) is 5.60 Å². The highest BCUT2D eigenvalue weighted by molar-refractivity contribution is 7.89. The molecular weight excluding hydrogens is 406 g/mol. The first kappa shape index (κ1) is 22.3. The van der Waals surface area contributed by atoms with Crippen LogP contribution in [0.3, 0.4) is 0 Å². The third-order valence-corrected chi connectivity index (χ3v) is 6.64. The van der Waals surface area contributed by atoms with Gasteiger partial charge in [-0.1, -0.05) is 96.1 Å². The molecule has 0 heterocycles. The largest absolute Gasteiger partial charge is 0.369 e. The third-order valence-electron chi connectivity index (χ3n) is 4.83. The molecule has 3 aromatic carbocycles. The summed E-state index contributed by atoms with van der Waals surface area (Å²) in [5, 5.41) is 11.5. The maximum atomic E-state index is 13.0. The zero-order valence-electron chi connectivity index (χ0n) is 17.2. The molecule has 0 saturated carbocycles. The van der Waals surface area contributed by atoms with Crippen molar-refractivity contribution in [1.29, 1.82) is 0 Å². The van der Waals surface area contributed by atoms with E-state index >= 15 is 0 Å². The number of hydrogen-bond acceptors (Lipinski definition) is 3. The number of aryl methyl sites for hydroxylation is 1. The third kappa shape index (κ3) is 5.05. The van der Waals surface area contributed by atoms with Gasteiger partial charge >= 0.3 is 0 Å². The van der Waals surface area contributed by atoms with Crippen LogP contribution in [-0.4, -0.2) is 30.9 Å². The summed E-state index contributed by atoms with van der Waals surface area (Å²) < 4.78 is 27.2. The van der Waals surface area contributed by atoms with Crippen molar-refractivity contribution in [2.45, 2.75) is 17.4 Å². The quantitative estimate of drug-likeness (QED) is 0.610. The summed E-state index contributed by atoms with van der Waals surface area (Å²) >= 11 is 0. The lowest BCUT2D eigenvalue weighted by Gasteiger charge is -2.24. The van der Waals surface area contributed by atoms with E-state index in [0.29, 0.717) is 11.1 Å². The van der Waals surface area contributed by atoms with Crippen LogP contribution >= 0.6 is 0 Å². The SMILES string of the molecule is C#CCN(CC#CC(O)(c1ccccc1)c1ccccc1)S(=O)(=O)c1ccc(C)cc1. The maximum absolute atomic E-state index is 13.0. The Labute approximate surface area is 184 Å². The molecule has 0 atom stereocenters. The van der Waals surface area contributed by atoms with Crippen molar-refractivity contribution in [3.05, 3.63) is 102 Å². The molecule has 1 N–H and O–H groups in total. The standard InChI is InChI=1S/C26H23NO3S/c1-3-20-27(31(29,30)25-17-15-22(2)16-18-25)21-10-19-26(28,23-11-6-4-7-12-23)24-13-8-5-9-14-24/h1,4-9,11-18,28H,20-21H2,2H3. The van der Waals surface area contributed by atoms with Gasteiger partial charge < -0.3 is 5.11 Å². The molecular formula is C26H23NO3S. The first-order valence-electron chi connectivity index (χ1n) is 9.71. The molecule has 4 nitrogen and oxygen atoms in total. The van der Waals surface area contributed by atoms with Crippen LogP contribution in [0.4, 0.5) is 0 Å². The second-order valence-corrected chi connectivity index (χ2v) is 8.97. The van der Waals surface area contributed by atoms with Crippen LogP contribution in [0.2, 0.25) is 0 Å². The molecule has 31 heavy (non-hydrogen) atoms. The average molecular weight is 430 g/mol. The van der Waals surface area contributed by atoms with E-state index in [-0.39, 0.29) is 18.0 Å². The van der Waals surface area contributed by atoms with Crippen LogP contribution in [-0.2, 0) is 15.6 Å². The van der Waals surface area contributed by atoms with E-state index in [0.717, 1.165) is 9.87 Å². The molecule has 3 rings (SSSR count). The number of benzene rings is 3. The molecule has 5 heteroatoms. The van der Waals surface area contributed by atoms with Crippen LogP contribution in [0.15, 0.2) is 89.8 Å². The fraction of sp³-hybridized carbons (Fsp3) is 0.154. The molecule has 0 amide bonds. The predicted octanol–water partition coefficient (Wildman–Crippen LogP) is 3.56. The zero-order chi connectivity index (χ0) is 22.3. The lowest BCUT2D eigenvalue weighted by molar-refractivity contribution is 0.145. The van der Waals surface area contributed by atoms with Gasteiger partial charge in [0.25, 0.3) is 0 Å². The van der Waals surface area contributed by atoms with Gasteiger partial charge in [-0.3, -0.25) is 0 Å². The average Bonchev–Trinajstić information content (AvgIpc) is 2.80. The fourth-order valence-corrected chi connectivity index (χ4v) is 4.37. The van der Waals surface area contributed by atoms with E-state index in [1.165, 1.54) is 0 Å². The molecule has 3 aromatic rings. The number of hydrogen-bond donors (Lipinski definition) is 1. The summed E-state index contributed by atoms with van der Waals surface area (Å²) in [5.74, 6) is 8.11. The number of nitrogens with zero attached hydrogens (tertiary/aromatic N) is 1. The van der Waals surface area contributed by atoms with Crippen molar-refractivity contribution in [2.24, 2.45) is 0 Å². The predicted molar refractivity (Wildman–Crippen MR) is 122 cm³/mol. The number of aliphatic hydroxyl groups is 1. The van der Waals surface area contributed by atoms with Crippen LogP contribution in [0.25, 0.3) is 0 Å². The second kappa shape index (κ2) is 9.64. The maximum Gasteiger partial charge on any atom is 0.244 e. The van der Waals surface area contributed by atoms with Crippen molar-refractivity contribution in [3.63, 3.8) is 0 Å². The highest BCUT2D eigenvalue weighted by atomic mass is 32.2. The monoisotopic (exact) mass is 429 g/mol. The summed E-state index contributed by atoms with van der Waals surface area (Å²) in [6.07, 6.45) is 5.41. The molecule has 0 aliphatic heterocycles. The molecule has 0 saturated heterocycles. The van der Waals surface area contributed by atoms with Crippen LogP contribution in [0.1, 0.15) is 16.7 Å². The van der Waals surface area contributed by atoms with Crippen LogP contribution in [0, 0.1) is 31.1 Å². The topological polar surface area (TPSA) is 57.6 Å². The minimum Gasteiger partial charge on any atom is -0.369 e. The van der Waals surface area contributed by atoms with E-state index < -0.39 is 15.6 Å². The number of terminal acetylenes is 1. The Hall–Kier alpha value is -3.35. The molecule has 0 aliphatic rings.